The molecule has 0 radical (unpaired) electrons. The molecule has 1 N–H and O–H groups in total. The van der Waals surface area contributed by atoms with Crippen LogP contribution in [-0.2, 0) is 0 Å². The minimum atomic E-state index is -1.14. The van der Waals surface area contributed by atoms with Gasteiger partial charge < -0.3 is 10.2 Å². The molecule has 0 unspecified atom stereocenters. The standard InChI is InChI=1S/C12H15F2N3O2/c1-12(2)7-15-3-4-16(12)10-6-8(13)5-9(14)11(10)17(18)19/h5-6,15H,3-4,7H2,1-2H3. The average Bonchev–Trinajstić information content (AvgIpc) is 2.26. The van der Waals surface area contributed by atoms with E-state index in [4.69, 9.17) is 0 Å². The number of nitrogens with one attached hydrogen (secondary N) is 1. The summed E-state index contributed by atoms with van der Waals surface area (Å²) in [4.78, 5) is 11.9. The van der Waals surface area contributed by atoms with Crippen molar-refractivity contribution in [3.63, 3.8) is 0 Å². The Hall–Kier alpha value is -1.76. The summed E-state index contributed by atoms with van der Waals surface area (Å²) >= 11 is 0. The minimum absolute atomic E-state index is 0.00556. The van der Waals surface area contributed by atoms with Gasteiger partial charge in [-0.1, -0.05) is 0 Å². The topological polar surface area (TPSA) is 58.4 Å². The third-order valence-corrected chi connectivity index (χ3v) is 3.28. The van der Waals surface area contributed by atoms with Crippen molar-refractivity contribution in [1.82, 2.24) is 5.32 Å². The second-order valence-electron chi connectivity index (χ2n) is 5.15. The van der Waals surface area contributed by atoms with Crippen molar-refractivity contribution in [2.45, 2.75) is 19.4 Å². The number of benzene rings is 1. The predicted molar refractivity (Wildman–Crippen MR) is 67.3 cm³/mol. The predicted octanol–water partition coefficient (Wildman–Crippen LogP) is 2.06. The van der Waals surface area contributed by atoms with Crippen LogP contribution in [0.5, 0.6) is 0 Å². The van der Waals surface area contributed by atoms with Gasteiger partial charge >= 0.3 is 5.69 Å². The van der Waals surface area contributed by atoms with Crippen molar-refractivity contribution in [3.05, 3.63) is 33.9 Å². The fourth-order valence-electron chi connectivity index (χ4n) is 2.37. The number of nitrogens with zero attached hydrogens (tertiary/aromatic N) is 2. The van der Waals surface area contributed by atoms with Crippen LogP contribution in [0.2, 0.25) is 0 Å². The van der Waals surface area contributed by atoms with Gasteiger partial charge in [-0.15, -0.1) is 0 Å². The van der Waals surface area contributed by atoms with Gasteiger partial charge in [0.1, 0.15) is 11.5 Å². The van der Waals surface area contributed by atoms with Crippen LogP contribution < -0.4 is 10.2 Å². The third-order valence-electron chi connectivity index (χ3n) is 3.28. The maximum atomic E-state index is 13.6. The molecule has 1 aliphatic heterocycles. The van der Waals surface area contributed by atoms with Gasteiger partial charge in [0.05, 0.1) is 4.92 Å². The van der Waals surface area contributed by atoms with Crippen LogP contribution in [0.15, 0.2) is 12.1 Å². The van der Waals surface area contributed by atoms with E-state index in [1.807, 2.05) is 13.8 Å². The molecular formula is C12H15F2N3O2. The van der Waals surface area contributed by atoms with Crippen molar-refractivity contribution in [2.75, 3.05) is 24.5 Å². The number of nitro groups is 1. The molecule has 0 saturated carbocycles. The van der Waals surface area contributed by atoms with Gasteiger partial charge in [0.25, 0.3) is 0 Å². The highest BCUT2D eigenvalue weighted by molar-refractivity contribution is 5.65. The zero-order chi connectivity index (χ0) is 14.2. The highest BCUT2D eigenvalue weighted by Gasteiger charge is 2.35. The summed E-state index contributed by atoms with van der Waals surface area (Å²) in [5.74, 6) is -1.96. The lowest BCUT2D eigenvalue weighted by molar-refractivity contribution is -0.386. The SMILES string of the molecule is CC1(C)CNCCN1c1cc(F)cc(F)c1[N+](=O)[O-]. The lowest BCUT2D eigenvalue weighted by atomic mass is 9.98. The van der Waals surface area contributed by atoms with Gasteiger partial charge in [-0.05, 0) is 13.8 Å². The monoisotopic (exact) mass is 271 g/mol. The van der Waals surface area contributed by atoms with Crippen molar-refractivity contribution >= 4 is 11.4 Å². The first-order valence-corrected chi connectivity index (χ1v) is 5.95. The highest BCUT2D eigenvalue weighted by Crippen LogP contribution is 2.36. The molecule has 104 valence electrons. The van der Waals surface area contributed by atoms with Gasteiger partial charge in [-0.3, -0.25) is 10.1 Å². The van der Waals surface area contributed by atoms with Gasteiger partial charge in [0, 0.05) is 37.3 Å². The number of nitro benzene ring substituents is 1. The molecule has 5 nitrogen and oxygen atoms in total. The van der Waals surface area contributed by atoms with Crippen molar-refractivity contribution < 1.29 is 13.7 Å². The average molecular weight is 271 g/mol. The molecule has 19 heavy (non-hydrogen) atoms. The fraction of sp³-hybridized carbons (Fsp3) is 0.500. The van der Waals surface area contributed by atoms with E-state index in [0.717, 1.165) is 6.07 Å². The lowest BCUT2D eigenvalue weighted by Crippen LogP contribution is -2.58. The molecule has 1 aromatic rings. The lowest BCUT2D eigenvalue weighted by Gasteiger charge is -2.44. The molecule has 1 saturated heterocycles. The summed E-state index contributed by atoms with van der Waals surface area (Å²) in [5, 5.41) is 14.2. The molecule has 0 atom stereocenters. The summed E-state index contributed by atoms with van der Waals surface area (Å²) in [6.07, 6.45) is 0. The summed E-state index contributed by atoms with van der Waals surface area (Å²) < 4.78 is 27.0. The Morgan fingerprint density at radius 1 is 1.42 bits per heavy atom. The maximum absolute atomic E-state index is 13.6. The number of rotatable bonds is 2. The smallest absolute Gasteiger partial charge is 0.328 e. The number of hydrogen-bond acceptors (Lipinski definition) is 4. The number of hydrogen-bond donors (Lipinski definition) is 1. The first-order valence-electron chi connectivity index (χ1n) is 5.95. The molecule has 1 heterocycles. The Morgan fingerprint density at radius 2 is 2.11 bits per heavy atom. The van der Waals surface area contributed by atoms with Crippen LogP contribution in [0.3, 0.4) is 0 Å². The van der Waals surface area contributed by atoms with E-state index >= 15 is 0 Å². The van der Waals surface area contributed by atoms with E-state index in [1.54, 1.807) is 4.90 Å². The van der Waals surface area contributed by atoms with Crippen LogP contribution in [0.4, 0.5) is 20.2 Å². The van der Waals surface area contributed by atoms with Crippen molar-refractivity contribution in [1.29, 1.82) is 0 Å². The second-order valence-corrected chi connectivity index (χ2v) is 5.15. The molecule has 0 spiro atoms. The molecule has 7 heteroatoms. The minimum Gasteiger partial charge on any atom is -0.358 e. The number of anilines is 1. The summed E-state index contributed by atoms with van der Waals surface area (Å²) in [5.41, 5.74) is -1.13. The van der Waals surface area contributed by atoms with Gasteiger partial charge in [-0.2, -0.15) is 4.39 Å². The molecule has 1 aromatic carbocycles. The van der Waals surface area contributed by atoms with Crippen LogP contribution in [0.25, 0.3) is 0 Å². The quantitative estimate of drug-likeness (QED) is 0.660. The number of halogens is 2. The molecule has 2 rings (SSSR count). The second kappa shape index (κ2) is 4.73. The van der Waals surface area contributed by atoms with Crippen molar-refractivity contribution in [3.8, 4) is 0 Å². The van der Waals surface area contributed by atoms with E-state index < -0.39 is 27.8 Å². The molecular weight excluding hydrogens is 256 g/mol. The molecule has 0 aromatic heterocycles. The zero-order valence-corrected chi connectivity index (χ0v) is 10.7. The maximum Gasteiger partial charge on any atom is 0.328 e. The van der Waals surface area contributed by atoms with Gasteiger partial charge in [0.2, 0.25) is 5.82 Å². The Labute approximate surface area is 109 Å². The summed E-state index contributed by atoms with van der Waals surface area (Å²) in [6, 6.07) is 1.56. The third kappa shape index (κ3) is 2.51. The van der Waals surface area contributed by atoms with E-state index in [2.05, 4.69) is 5.32 Å². The van der Waals surface area contributed by atoms with Crippen molar-refractivity contribution in [2.24, 2.45) is 0 Å². The molecule has 1 fully saturated rings. The van der Waals surface area contributed by atoms with E-state index in [9.17, 15) is 18.9 Å². The molecule has 0 amide bonds. The van der Waals surface area contributed by atoms with Crippen LogP contribution in [-0.4, -0.2) is 30.1 Å². The van der Waals surface area contributed by atoms with Crippen LogP contribution in [0, 0.1) is 21.7 Å². The van der Waals surface area contributed by atoms with Crippen LogP contribution in [0.1, 0.15) is 13.8 Å². The first-order chi connectivity index (χ1) is 8.83. The normalized spacial score (nSPS) is 18.4. The van der Waals surface area contributed by atoms with E-state index in [-0.39, 0.29) is 5.69 Å². The van der Waals surface area contributed by atoms with E-state index in [1.165, 1.54) is 0 Å². The molecule has 1 aliphatic rings. The summed E-state index contributed by atoms with van der Waals surface area (Å²) in [6.45, 7) is 5.38. The Balaban J connectivity index is 2.57. The Bertz CT molecular complexity index is 520. The Morgan fingerprint density at radius 3 is 2.68 bits per heavy atom. The largest absolute Gasteiger partial charge is 0.358 e. The van der Waals surface area contributed by atoms with Crippen LogP contribution >= 0.6 is 0 Å². The van der Waals surface area contributed by atoms with Gasteiger partial charge in [0.15, 0.2) is 0 Å². The first kappa shape index (κ1) is 13.7. The summed E-state index contributed by atoms with van der Waals surface area (Å²) in [7, 11) is 0. The molecule has 0 aliphatic carbocycles. The fourth-order valence-corrected chi connectivity index (χ4v) is 2.37. The number of piperazine rings is 1. The van der Waals surface area contributed by atoms with Gasteiger partial charge in [-0.25, -0.2) is 4.39 Å². The van der Waals surface area contributed by atoms with E-state index in [0.29, 0.717) is 25.7 Å². The highest BCUT2D eigenvalue weighted by atomic mass is 19.1. The zero-order valence-electron chi connectivity index (χ0n) is 10.7. The Kier molecular flexibility index (Phi) is 3.40. The molecule has 0 bridgehead atoms.